The van der Waals surface area contributed by atoms with Gasteiger partial charge in [-0.05, 0) is 17.7 Å². The Balaban J connectivity index is 1.79. The van der Waals surface area contributed by atoms with Gasteiger partial charge in [0.15, 0.2) is 16.6 Å². The number of thiazole rings is 1. The molecular weight excluding hydrogens is 284 g/mol. The fourth-order valence-corrected chi connectivity index (χ4v) is 2.69. The molecule has 1 aliphatic heterocycles. The van der Waals surface area contributed by atoms with Crippen LogP contribution in [0.1, 0.15) is 12.0 Å². The van der Waals surface area contributed by atoms with Gasteiger partial charge < -0.3 is 14.8 Å². The molecule has 3 rings (SSSR count). The number of benzene rings is 1. The standard InChI is InChI=1S/C13H13ClN2O2S/c14-10-6-9(8-16-13-15-2-5-19-13)7-11-12(10)18-4-1-3-17-11/h2,5-7H,1,3-4,8H2,(H,15,16). The summed E-state index contributed by atoms with van der Waals surface area (Å²) < 4.78 is 11.3. The average molecular weight is 297 g/mol. The van der Waals surface area contributed by atoms with Crippen LogP contribution in [0.4, 0.5) is 5.13 Å². The van der Waals surface area contributed by atoms with E-state index in [1.54, 1.807) is 17.5 Å². The summed E-state index contributed by atoms with van der Waals surface area (Å²) >= 11 is 7.80. The zero-order valence-corrected chi connectivity index (χ0v) is 11.8. The Hall–Kier alpha value is -1.46. The molecule has 0 bridgehead atoms. The predicted octanol–water partition coefficient (Wildman–Crippen LogP) is 3.57. The van der Waals surface area contributed by atoms with E-state index in [1.807, 2.05) is 17.5 Å². The van der Waals surface area contributed by atoms with E-state index < -0.39 is 0 Å². The molecule has 6 heteroatoms. The highest BCUT2D eigenvalue weighted by Crippen LogP contribution is 2.38. The van der Waals surface area contributed by atoms with E-state index >= 15 is 0 Å². The van der Waals surface area contributed by atoms with E-state index in [2.05, 4.69) is 10.3 Å². The molecule has 19 heavy (non-hydrogen) atoms. The maximum absolute atomic E-state index is 6.23. The van der Waals surface area contributed by atoms with E-state index in [0.717, 1.165) is 22.9 Å². The quantitative estimate of drug-likeness (QED) is 0.940. The lowest BCUT2D eigenvalue weighted by Gasteiger charge is -2.11. The second kappa shape index (κ2) is 5.67. The number of aromatic nitrogens is 1. The van der Waals surface area contributed by atoms with Crippen LogP contribution in [0.2, 0.25) is 5.02 Å². The first-order chi connectivity index (χ1) is 9.33. The third-order valence-corrected chi connectivity index (χ3v) is 3.75. The van der Waals surface area contributed by atoms with Gasteiger partial charge in [-0.25, -0.2) is 4.98 Å². The Labute approximate surface area is 120 Å². The van der Waals surface area contributed by atoms with Gasteiger partial charge in [0.05, 0.1) is 18.2 Å². The normalized spacial score (nSPS) is 13.9. The summed E-state index contributed by atoms with van der Waals surface area (Å²) in [5, 5.41) is 6.66. The van der Waals surface area contributed by atoms with Crippen molar-refractivity contribution in [2.45, 2.75) is 13.0 Å². The van der Waals surface area contributed by atoms with Crippen LogP contribution in [0.5, 0.6) is 11.5 Å². The molecule has 4 nitrogen and oxygen atoms in total. The number of nitrogens with zero attached hydrogens (tertiary/aromatic N) is 1. The zero-order chi connectivity index (χ0) is 13.1. The molecule has 0 saturated heterocycles. The van der Waals surface area contributed by atoms with Crippen molar-refractivity contribution >= 4 is 28.1 Å². The lowest BCUT2D eigenvalue weighted by Crippen LogP contribution is -2.00. The van der Waals surface area contributed by atoms with Gasteiger partial charge in [-0.1, -0.05) is 11.6 Å². The Bertz CT molecular complexity index is 560. The topological polar surface area (TPSA) is 43.4 Å². The molecule has 0 amide bonds. The summed E-state index contributed by atoms with van der Waals surface area (Å²) in [6, 6.07) is 3.86. The molecule has 1 N–H and O–H groups in total. The molecular formula is C13H13ClN2O2S. The van der Waals surface area contributed by atoms with Crippen molar-refractivity contribution in [2.24, 2.45) is 0 Å². The second-order valence-electron chi connectivity index (χ2n) is 4.15. The minimum atomic E-state index is 0.593. The fourth-order valence-electron chi connectivity index (χ4n) is 1.87. The maximum atomic E-state index is 6.23. The first-order valence-corrected chi connectivity index (χ1v) is 7.30. The first kappa shape index (κ1) is 12.6. The van der Waals surface area contributed by atoms with Crippen molar-refractivity contribution < 1.29 is 9.47 Å². The Morgan fingerprint density at radius 2 is 2.21 bits per heavy atom. The fraction of sp³-hybridized carbons (Fsp3) is 0.308. The Morgan fingerprint density at radius 3 is 3.05 bits per heavy atom. The van der Waals surface area contributed by atoms with Crippen molar-refractivity contribution in [2.75, 3.05) is 18.5 Å². The molecule has 0 aliphatic carbocycles. The molecule has 1 aliphatic rings. The van der Waals surface area contributed by atoms with Gasteiger partial charge in [0.2, 0.25) is 0 Å². The number of halogens is 1. The number of anilines is 1. The maximum Gasteiger partial charge on any atom is 0.182 e. The third-order valence-electron chi connectivity index (χ3n) is 2.74. The highest BCUT2D eigenvalue weighted by molar-refractivity contribution is 7.13. The predicted molar refractivity (Wildman–Crippen MR) is 76.5 cm³/mol. The third kappa shape index (κ3) is 2.93. The molecule has 0 atom stereocenters. The SMILES string of the molecule is Clc1cc(CNc2nccs2)cc2c1OCCCO2. The van der Waals surface area contributed by atoms with E-state index in [1.165, 1.54) is 0 Å². The number of hydrogen-bond donors (Lipinski definition) is 1. The lowest BCUT2D eigenvalue weighted by molar-refractivity contribution is 0.297. The minimum Gasteiger partial charge on any atom is -0.489 e. The Morgan fingerprint density at radius 1 is 1.32 bits per heavy atom. The molecule has 1 aromatic heterocycles. The Kier molecular flexibility index (Phi) is 3.75. The summed E-state index contributed by atoms with van der Waals surface area (Å²) in [5.74, 6) is 1.37. The van der Waals surface area contributed by atoms with Gasteiger partial charge in [0, 0.05) is 24.5 Å². The second-order valence-corrected chi connectivity index (χ2v) is 5.45. The first-order valence-electron chi connectivity index (χ1n) is 6.04. The van der Waals surface area contributed by atoms with Crippen LogP contribution in [0.15, 0.2) is 23.7 Å². The highest BCUT2D eigenvalue weighted by atomic mass is 35.5. The van der Waals surface area contributed by atoms with Gasteiger partial charge in [0.1, 0.15) is 0 Å². The summed E-state index contributed by atoms with van der Waals surface area (Å²) in [5.41, 5.74) is 1.05. The molecule has 1 aromatic carbocycles. The van der Waals surface area contributed by atoms with Crippen LogP contribution in [0, 0.1) is 0 Å². The number of rotatable bonds is 3. The minimum absolute atomic E-state index is 0.593. The number of nitrogens with one attached hydrogen (secondary N) is 1. The van der Waals surface area contributed by atoms with E-state index in [-0.39, 0.29) is 0 Å². The summed E-state index contributed by atoms with van der Waals surface area (Å²) in [7, 11) is 0. The zero-order valence-electron chi connectivity index (χ0n) is 10.2. The van der Waals surface area contributed by atoms with Crippen LogP contribution in [-0.4, -0.2) is 18.2 Å². The van der Waals surface area contributed by atoms with Crippen molar-refractivity contribution in [1.82, 2.24) is 4.98 Å². The molecule has 0 radical (unpaired) electrons. The molecule has 0 unspecified atom stereocenters. The van der Waals surface area contributed by atoms with Gasteiger partial charge in [-0.15, -0.1) is 11.3 Å². The van der Waals surface area contributed by atoms with Crippen LogP contribution < -0.4 is 14.8 Å². The van der Waals surface area contributed by atoms with Gasteiger partial charge >= 0.3 is 0 Å². The van der Waals surface area contributed by atoms with Crippen LogP contribution >= 0.6 is 22.9 Å². The number of ether oxygens (including phenoxy) is 2. The van der Waals surface area contributed by atoms with Crippen LogP contribution in [-0.2, 0) is 6.54 Å². The summed E-state index contributed by atoms with van der Waals surface area (Å²) in [4.78, 5) is 4.17. The largest absolute Gasteiger partial charge is 0.489 e. The molecule has 0 fully saturated rings. The molecule has 2 heterocycles. The number of fused-ring (bicyclic) bond motifs is 1. The van der Waals surface area contributed by atoms with Crippen LogP contribution in [0.3, 0.4) is 0 Å². The van der Waals surface area contributed by atoms with Crippen molar-refractivity contribution in [1.29, 1.82) is 0 Å². The highest BCUT2D eigenvalue weighted by Gasteiger charge is 2.15. The van der Waals surface area contributed by atoms with Gasteiger partial charge in [-0.2, -0.15) is 0 Å². The lowest BCUT2D eigenvalue weighted by atomic mass is 10.2. The number of hydrogen-bond acceptors (Lipinski definition) is 5. The van der Waals surface area contributed by atoms with Crippen LogP contribution in [0.25, 0.3) is 0 Å². The van der Waals surface area contributed by atoms with E-state index in [0.29, 0.717) is 30.5 Å². The molecule has 0 saturated carbocycles. The molecule has 0 spiro atoms. The van der Waals surface area contributed by atoms with Crippen molar-refractivity contribution in [3.8, 4) is 11.5 Å². The monoisotopic (exact) mass is 296 g/mol. The van der Waals surface area contributed by atoms with E-state index in [9.17, 15) is 0 Å². The average Bonchev–Trinajstić information content (AvgIpc) is 2.81. The molecule has 2 aromatic rings. The van der Waals surface area contributed by atoms with Gasteiger partial charge in [-0.3, -0.25) is 0 Å². The smallest absolute Gasteiger partial charge is 0.182 e. The summed E-state index contributed by atoms with van der Waals surface area (Å²) in [6.45, 7) is 1.96. The van der Waals surface area contributed by atoms with Gasteiger partial charge in [0.25, 0.3) is 0 Å². The molecule has 100 valence electrons. The van der Waals surface area contributed by atoms with Crippen molar-refractivity contribution in [3.63, 3.8) is 0 Å². The van der Waals surface area contributed by atoms with Crippen molar-refractivity contribution in [3.05, 3.63) is 34.3 Å². The summed E-state index contributed by atoms with van der Waals surface area (Å²) in [6.07, 6.45) is 2.64. The van der Waals surface area contributed by atoms with E-state index in [4.69, 9.17) is 21.1 Å².